The SMILES string of the molecule is CC1NC(=O)C(CC(=O)O)NC(=O)CNC(=O)C(CCCC[n+]2ccn3ccccc32)NC(=O)CCSSCC(C(N)=O)NC(=O)C2CC(OCc3c[nH]c4ccccc34)CN2C1=O.CC1NC(=O)C(CC(=O)O)NC(=O)CNC(=O)C(CCCC[n+]2ccn3ncccc32)NC(=O)CCSSCC(C(N)=O)NC(=O)C2CC(OCc3c[nH]c4ccccc34)CN2C1=O. The largest absolute Gasteiger partial charge is 0.481 e. The van der Waals surface area contributed by atoms with Crippen molar-refractivity contribution in [3.63, 3.8) is 0 Å². The lowest BCUT2D eigenvalue weighted by atomic mass is 10.1. The van der Waals surface area contributed by atoms with Crippen LogP contribution in [0.15, 0.2) is 128 Å². The van der Waals surface area contributed by atoms with Gasteiger partial charge in [0.15, 0.2) is 6.20 Å². The maximum Gasteiger partial charge on any atom is 0.307 e. The van der Waals surface area contributed by atoms with Crippen molar-refractivity contribution in [2.24, 2.45) is 11.5 Å². The number of carbonyl (C=O) groups is 16. The number of aliphatic carboxylic acids is 2. The normalized spacial score (nSPS) is 23.7. The summed E-state index contributed by atoms with van der Waals surface area (Å²) in [6.45, 7) is 2.82. The number of unbranched alkanes of at least 4 members (excludes halogenated alkanes) is 2. The number of rotatable bonds is 22. The summed E-state index contributed by atoms with van der Waals surface area (Å²) in [5.41, 5.74) is 16.8. The smallest absolute Gasteiger partial charge is 0.307 e. The number of aryl methyl sites for hydroxylation is 2. The molecule has 4 aliphatic rings. The number of carboxylic acid groups (broad SMARTS) is 2. The highest BCUT2D eigenvalue weighted by Gasteiger charge is 2.46. The van der Waals surface area contributed by atoms with Gasteiger partial charge in [0.1, 0.15) is 79.0 Å². The first-order valence-corrected chi connectivity index (χ1v) is 46.7. The Morgan fingerprint density at radius 3 is 1.39 bits per heavy atom. The Bertz CT molecular complexity index is 5040. The molecule has 4 saturated heterocycles. The van der Waals surface area contributed by atoms with Crippen molar-refractivity contribution < 1.29 is 106 Å². The van der Waals surface area contributed by atoms with Crippen LogP contribution in [0.5, 0.6) is 0 Å². The minimum Gasteiger partial charge on any atom is -0.481 e. The molecule has 4 aliphatic heterocycles. The van der Waals surface area contributed by atoms with Gasteiger partial charge in [-0.05, 0) is 76.6 Å². The number of primary amides is 2. The summed E-state index contributed by atoms with van der Waals surface area (Å²) in [6, 6.07) is 12.2. The summed E-state index contributed by atoms with van der Waals surface area (Å²) in [4.78, 5) is 220. The van der Waals surface area contributed by atoms with E-state index in [4.69, 9.17) is 20.9 Å². The fourth-order valence-electron chi connectivity index (χ4n) is 15.1. The van der Waals surface area contributed by atoms with Crippen LogP contribution in [0, 0.1) is 0 Å². The van der Waals surface area contributed by atoms with Crippen LogP contribution >= 0.6 is 43.2 Å². The molecule has 6 aromatic heterocycles. The molecular formula is C83H105N21O20S4+2. The van der Waals surface area contributed by atoms with E-state index in [0.29, 0.717) is 38.8 Å². The molecular weight excluding hydrogens is 1740 g/mol. The van der Waals surface area contributed by atoms with Gasteiger partial charge in [0.2, 0.25) is 82.7 Å². The summed E-state index contributed by atoms with van der Waals surface area (Å²) in [6.07, 6.45) is 14.6. The molecule has 128 heavy (non-hydrogen) atoms. The predicted octanol–water partition coefficient (Wildman–Crippen LogP) is -0.835. The maximum atomic E-state index is 14.0. The molecule has 12 unspecified atom stereocenters. The van der Waals surface area contributed by atoms with Crippen molar-refractivity contribution in [1.29, 1.82) is 0 Å². The van der Waals surface area contributed by atoms with Crippen molar-refractivity contribution in [3.8, 4) is 0 Å². The zero-order valence-electron chi connectivity index (χ0n) is 70.2. The number of amides is 14. The fraction of sp³-hybridized carbons (Fsp3) is 0.458. The number of carbonyl (C=O) groups excluding carboxylic acids is 14. The lowest BCUT2D eigenvalue weighted by Crippen LogP contribution is -2.58. The lowest BCUT2D eigenvalue weighted by molar-refractivity contribution is -0.671. The van der Waals surface area contributed by atoms with Gasteiger partial charge in [-0.2, -0.15) is 0 Å². The van der Waals surface area contributed by atoms with Crippen LogP contribution in [-0.4, -0.2) is 260 Å². The van der Waals surface area contributed by atoms with Gasteiger partial charge in [0.25, 0.3) is 5.65 Å². The second kappa shape index (κ2) is 46.9. The van der Waals surface area contributed by atoms with Gasteiger partial charge in [-0.15, -0.1) is 4.52 Å². The van der Waals surface area contributed by atoms with E-state index in [1.165, 1.54) is 66.8 Å². The summed E-state index contributed by atoms with van der Waals surface area (Å²) in [5, 5.41) is 50.7. The predicted molar refractivity (Wildman–Crippen MR) is 469 cm³/mol. The van der Waals surface area contributed by atoms with Crippen molar-refractivity contribution in [3.05, 3.63) is 140 Å². The van der Waals surface area contributed by atoms with E-state index < -0.39 is 193 Å². The summed E-state index contributed by atoms with van der Waals surface area (Å²) in [5.74, 6) is -12.7. The number of nitrogens with one attached hydrogen (secondary N) is 12. The zero-order valence-corrected chi connectivity index (χ0v) is 73.5. The third kappa shape index (κ3) is 27.4. The molecule has 18 N–H and O–H groups in total. The number of nitrogens with two attached hydrogens (primary N) is 2. The number of hydrogen-bond acceptors (Lipinski definition) is 23. The number of H-pyrrole nitrogens is 2. The quantitative estimate of drug-likeness (QED) is 0.0224. The van der Waals surface area contributed by atoms with Crippen molar-refractivity contribution in [2.75, 3.05) is 49.2 Å². The van der Waals surface area contributed by atoms with Crippen molar-refractivity contribution in [2.45, 2.75) is 190 Å². The number of aromatic nitrogens is 7. The van der Waals surface area contributed by atoms with E-state index in [1.54, 1.807) is 16.9 Å². The third-order valence-electron chi connectivity index (χ3n) is 21.7. The van der Waals surface area contributed by atoms with Crippen LogP contribution in [0.4, 0.5) is 0 Å². The molecule has 0 bridgehead atoms. The van der Waals surface area contributed by atoms with E-state index in [1.807, 2.05) is 125 Å². The number of nitrogens with zero attached hydrogens (tertiary/aromatic N) is 7. The number of carboxylic acids is 2. The van der Waals surface area contributed by atoms with Crippen LogP contribution in [0.2, 0.25) is 0 Å². The van der Waals surface area contributed by atoms with E-state index in [0.717, 1.165) is 44.2 Å². The molecule has 12 atom stereocenters. The van der Waals surface area contributed by atoms with Gasteiger partial charge >= 0.3 is 17.6 Å². The van der Waals surface area contributed by atoms with E-state index in [-0.39, 0.29) is 87.8 Å². The number of pyridine rings is 1. The Morgan fingerprint density at radius 2 is 0.922 bits per heavy atom. The summed E-state index contributed by atoms with van der Waals surface area (Å²) in [7, 11) is 4.92. The van der Waals surface area contributed by atoms with Gasteiger partial charge in [0, 0.05) is 119 Å². The van der Waals surface area contributed by atoms with Gasteiger partial charge in [-0.3, -0.25) is 76.7 Å². The lowest BCUT2D eigenvalue weighted by Gasteiger charge is -2.28. The molecule has 0 spiro atoms. The zero-order chi connectivity index (χ0) is 91.5. The van der Waals surface area contributed by atoms with Crippen LogP contribution in [-0.2, 0) is 112 Å². The standard InChI is InChI=1S/C42H52N10O10S2.C41H51N11O10S2/c1-25-42(61)52-22-27(62-23-26-20-44-29-9-3-2-8-28(26)29)18-33(52)41(60)49-32(38(43)57)24-64-63-17-12-34(53)47-30(10-4-6-13-50-15-16-51-14-7-5-11-36(50)51)39(58)45-21-35(54)48-31(19-37(55)56)40(59)46-25;1-24-41(61)51-21-26(62-22-25-19-43-28-8-3-2-7-27(25)28)17-32(51)40(60)49-31(37(42)57)23-64-63-16-11-33(53)47-29(9-4-5-13-50-14-15-52-35(50)10-6-12-45-52)38(58)44-20-34(54)48-30(18-36(55)56)39(59)46-24/h2-3,5,7-9,11,14-16,20,25,27,30-33,44H,4,6,10,12-13,17-19,21-24H2,1H3,(H7-,43,45,46,47,48,49,53,54,55,56,57,58,59,60);2-3,6-8,10,12,14-15,19,24,26,29-32,43H,4-5,9,11,13,16-18,20-23H2,1H3,(H7-,42,44,46,47,48,49,53,54,55,56,57,58,59,60)/p+2. The molecule has 41 nitrogen and oxygen atoms in total. The first kappa shape index (κ1) is 96.3. The molecule has 0 saturated carbocycles. The monoisotopic (exact) mass is 1840 g/mol. The van der Waals surface area contributed by atoms with Gasteiger partial charge < -0.3 is 104 Å². The number of aromatic amines is 2. The minimum absolute atomic E-state index is 0.00857. The number of imidazole rings is 2. The van der Waals surface area contributed by atoms with E-state index in [2.05, 4.69) is 72.8 Å². The Labute approximate surface area is 749 Å². The molecule has 10 heterocycles. The molecule has 12 rings (SSSR count). The number of para-hydroxylation sites is 2. The highest BCUT2D eigenvalue weighted by atomic mass is 33.1. The van der Waals surface area contributed by atoms with Gasteiger partial charge in [-0.1, -0.05) is 90.7 Å². The van der Waals surface area contributed by atoms with Gasteiger partial charge in [-0.25, -0.2) is 13.5 Å². The fourth-order valence-corrected chi connectivity index (χ4v) is 19.4. The van der Waals surface area contributed by atoms with Crippen molar-refractivity contribution in [1.82, 2.24) is 87.0 Å². The van der Waals surface area contributed by atoms with E-state index in [9.17, 15) is 86.9 Å². The molecule has 0 radical (unpaired) electrons. The second-order valence-electron chi connectivity index (χ2n) is 31.0. The van der Waals surface area contributed by atoms with Crippen LogP contribution in [0.1, 0.15) is 102 Å². The van der Waals surface area contributed by atoms with Crippen LogP contribution < -0.4 is 73.8 Å². The summed E-state index contributed by atoms with van der Waals surface area (Å²) < 4.78 is 20.2. The number of benzene rings is 2. The highest BCUT2D eigenvalue weighted by Crippen LogP contribution is 2.30. The minimum atomic E-state index is -1.66. The van der Waals surface area contributed by atoms with Crippen LogP contribution in [0.25, 0.3) is 33.1 Å². The Hall–Kier alpha value is -12.3. The average molecular weight is 1850 g/mol. The first-order valence-electron chi connectivity index (χ1n) is 41.7. The topological polar surface area (TPSA) is 572 Å². The third-order valence-corrected chi connectivity index (χ3v) is 26.6. The maximum absolute atomic E-state index is 14.0. The average Bonchev–Trinajstić information content (AvgIpc) is 1.66. The highest BCUT2D eigenvalue weighted by molar-refractivity contribution is 8.77. The molecule has 45 heteroatoms. The van der Waals surface area contributed by atoms with E-state index >= 15 is 0 Å². The Kier molecular flexibility index (Phi) is 35.3. The second-order valence-corrected chi connectivity index (χ2v) is 36.3. The number of hydrogen-bond donors (Lipinski definition) is 16. The summed E-state index contributed by atoms with van der Waals surface area (Å²) >= 11 is 0. The molecule has 8 aromatic rings. The molecule has 2 aromatic carbocycles. The molecule has 684 valence electrons. The van der Waals surface area contributed by atoms with Crippen molar-refractivity contribution >= 4 is 171 Å². The Morgan fingerprint density at radius 1 is 0.484 bits per heavy atom. The number of ether oxygens (including phenoxy) is 2. The molecule has 14 amide bonds. The number of fused-ring (bicyclic) bond motifs is 6. The van der Waals surface area contributed by atoms with Gasteiger partial charge in [0.05, 0.1) is 76.8 Å². The first-order chi connectivity index (χ1) is 61.5. The molecule has 0 aliphatic carbocycles. The van der Waals surface area contributed by atoms with Crippen LogP contribution in [0.3, 0.4) is 0 Å². The molecule has 4 fully saturated rings. The Balaban J connectivity index is 0.000000248.